The monoisotopic (exact) mass is 378 g/mol. The van der Waals surface area contributed by atoms with Gasteiger partial charge in [-0.2, -0.15) is 5.10 Å². The van der Waals surface area contributed by atoms with Gasteiger partial charge in [0.2, 0.25) is 0 Å². The van der Waals surface area contributed by atoms with Crippen LogP contribution in [0.1, 0.15) is 45.9 Å². The molecule has 0 spiro atoms. The van der Waals surface area contributed by atoms with Crippen LogP contribution >= 0.6 is 22.9 Å². The zero-order chi connectivity index (χ0) is 17.4. The molecule has 5 nitrogen and oxygen atoms in total. The summed E-state index contributed by atoms with van der Waals surface area (Å²) < 4.78 is 2.74. The molecule has 0 aromatic carbocycles. The summed E-state index contributed by atoms with van der Waals surface area (Å²) in [5, 5.41) is 8.20. The van der Waals surface area contributed by atoms with E-state index in [0.717, 1.165) is 61.6 Å². The molecule has 4 rings (SSSR count). The zero-order valence-electron chi connectivity index (χ0n) is 14.4. The van der Waals surface area contributed by atoms with Crippen LogP contribution in [0.2, 0.25) is 4.34 Å². The Morgan fingerprint density at radius 1 is 1.40 bits per heavy atom. The van der Waals surface area contributed by atoms with E-state index in [1.165, 1.54) is 10.6 Å². The van der Waals surface area contributed by atoms with Gasteiger partial charge in [-0.1, -0.05) is 11.6 Å². The van der Waals surface area contributed by atoms with Crippen LogP contribution in [0.25, 0.3) is 0 Å². The molecule has 0 bridgehead atoms. The number of aromatic nitrogens is 2. The topological polar surface area (TPSA) is 50.2 Å². The first-order chi connectivity index (χ1) is 12.1. The molecular formula is C18H23ClN4OS. The average Bonchev–Trinajstić information content (AvgIpc) is 3.33. The molecule has 1 aliphatic heterocycles. The number of hydrogen-bond acceptors (Lipinski definition) is 4. The maximum Gasteiger partial charge on any atom is 0.274 e. The molecule has 2 aromatic rings. The number of carbonyl (C=O) groups excluding carboxylic acids is 1. The van der Waals surface area contributed by atoms with Crippen LogP contribution in [0.3, 0.4) is 0 Å². The van der Waals surface area contributed by atoms with E-state index >= 15 is 0 Å². The number of likely N-dealkylation sites (tertiary alicyclic amines) is 1. The fourth-order valence-corrected chi connectivity index (χ4v) is 4.94. The smallest absolute Gasteiger partial charge is 0.274 e. The number of thiophene rings is 1. The molecule has 2 aromatic heterocycles. The Bertz CT molecular complexity index is 778. The number of nitrogens with zero attached hydrogens (tertiary/aromatic N) is 3. The lowest BCUT2D eigenvalue weighted by Gasteiger charge is -2.24. The predicted molar refractivity (Wildman–Crippen MR) is 100 cm³/mol. The molecule has 1 fully saturated rings. The molecule has 0 saturated carbocycles. The minimum absolute atomic E-state index is 0.111. The number of carbonyl (C=O) groups is 1. The predicted octanol–water partition coefficient (Wildman–Crippen LogP) is 3.02. The van der Waals surface area contributed by atoms with Crippen molar-refractivity contribution < 1.29 is 4.79 Å². The number of hydrogen-bond donors (Lipinski definition) is 1. The van der Waals surface area contributed by atoms with Crippen molar-refractivity contribution in [1.29, 1.82) is 0 Å². The molecular weight excluding hydrogens is 356 g/mol. The summed E-state index contributed by atoms with van der Waals surface area (Å²) in [6.45, 7) is 2.56. The van der Waals surface area contributed by atoms with Crippen molar-refractivity contribution in [3.05, 3.63) is 38.3 Å². The Kier molecular flexibility index (Phi) is 4.84. The summed E-state index contributed by atoms with van der Waals surface area (Å²) in [7, 11) is 1.96. The molecule has 0 radical (unpaired) electrons. The Balaban J connectivity index is 1.48. The number of fused-ring (bicyclic) bond motifs is 1. The Labute approximate surface area is 157 Å². The lowest BCUT2D eigenvalue weighted by Crippen LogP contribution is -2.35. The molecule has 25 heavy (non-hydrogen) atoms. The summed E-state index contributed by atoms with van der Waals surface area (Å²) in [4.78, 5) is 16.0. The van der Waals surface area contributed by atoms with Crippen molar-refractivity contribution in [2.75, 3.05) is 13.1 Å². The van der Waals surface area contributed by atoms with E-state index in [1.807, 2.05) is 22.7 Å². The minimum atomic E-state index is 0.111. The molecule has 1 amide bonds. The van der Waals surface area contributed by atoms with E-state index in [4.69, 9.17) is 11.6 Å². The van der Waals surface area contributed by atoms with Gasteiger partial charge >= 0.3 is 0 Å². The van der Waals surface area contributed by atoms with Crippen molar-refractivity contribution >= 4 is 28.8 Å². The first kappa shape index (κ1) is 17.1. The van der Waals surface area contributed by atoms with Gasteiger partial charge in [-0.25, -0.2) is 0 Å². The maximum atomic E-state index is 12.8. The van der Waals surface area contributed by atoms with Gasteiger partial charge in [-0.05, 0) is 44.2 Å². The second-order valence-electron chi connectivity index (χ2n) is 6.92. The van der Waals surface area contributed by atoms with Crippen LogP contribution in [0.5, 0.6) is 0 Å². The van der Waals surface area contributed by atoms with Crippen LogP contribution in [0.4, 0.5) is 0 Å². The van der Waals surface area contributed by atoms with Crippen LogP contribution in [0.15, 0.2) is 12.1 Å². The largest absolute Gasteiger partial charge is 0.337 e. The van der Waals surface area contributed by atoms with Crippen LogP contribution in [0, 0.1) is 0 Å². The molecule has 3 heterocycles. The fourth-order valence-electron chi connectivity index (χ4n) is 3.90. The zero-order valence-corrected chi connectivity index (χ0v) is 16.0. The highest BCUT2D eigenvalue weighted by molar-refractivity contribution is 7.16. The van der Waals surface area contributed by atoms with E-state index in [2.05, 4.69) is 16.5 Å². The van der Waals surface area contributed by atoms with Gasteiger partial charge in [0.05, 0.1) is 4.34 Å². The third kappa shape index (κ3) is 3.48. The minimum Gasteiger partial charge on any atom is -0.337 e. The SMILES string of the molecule is Cn1nc(C(=O)N2CCCC2)c2c1CCC(NCc1ccc(Cl)s1)C2. The normalized spacial score (nSPS) is 20.1. The highest BCUT2D eigenvalue weighted by Gasteiger charge is 2.31. The number of rotatable bonds is 4. The quantitative estimate of drug-likeness (QED) is 0.889. The first-order valence-electron chi connectivity index (χ1n) is 8.93. The molecule has 134 valence electrons. The van der Waals surface area contributed by atoms with Crippen molar-refractivity contribution in [2.24, 2.45) is 7.05 Å². The number of nitrogens with one attached hydrogen (secondary N) is 1. The van der Waals surface area contributed by atoms with E-state index in [9.17, 15) is 4.79 Å². The van der Waals surface area contributed by atoms with Crippen molar-refractivity contribution in [3.8, 4) is 0 Å². The van der Waals surface area contributed by atoms with E-state index < -0.39 is 0 Å². The molecule has 1 aliphatic carbocycles. The van der Waals surface area contributed by atoms with Crippen LogP contribution in [-0.4, -0.2) is 39.7 Å². The van der Waals surface area contributed by atoms with Crippen molar-refractivity contribution in [3.63, 3.8) is 0 Å². The van der Waals surface area contributed by atoms with Gasteiger partial charge in [0, 0.05) is 48.9 Å². The third-order valence-corrected chi connectivity index (χ3v) is 6.48. The van der Waals surface area contributed by atoms with E-state index in [-0.39, 0.29) is 5.91 Å². The molecule has 1 N–H and O–H groups in total. The Morgan fingerprint density at radius 3 is 2.92 bits per heavy atom. The summed E-state index contributed by atoms with van der Waals surface area (Å²) >= 11 is 7.62. The second-order valence-corrected chi connectivity index (χ2v) is 8.72. The average molecular weight is 379 g/mol. The third-order valence-electron chi connectivity index (χ3n) is 5.24. The maximum absolute atomic E-state index is 12.8. The summed E-state index contributed by atoms with van der Waals surface area (Å²) in [5.41, 5.74) is 3.04. The summed E-state index contributed by atoms with van der Waals surface area (Å²) in [6.07, 6.45) is 5.12. The van der Waals surface area contributed by atoms with Crippen molar-refractivity contribution in [2.45, 2.75) is 44.7 Å². The molecule has 1 atom stereocenters. The van der Waals surface area contributed by atoms with Crippen LogP contribution < -0.4 is 5.32 Å². The van der Waals surface area contributed by atoms with Crippen LogP contribution in [-0.2, 0) is 26.4 Å². The van der Waals surface area contributed by atoms with E-state index in [1.54, 1.807) is 11.3 Å². The van der Waals surface area contributed by atoms with E-state index in [0.29, 0.717) is 11.7 Å². The fraction of sp³-hybridized carbons (Fsp3) is 0.556. The van der Waals surface area contributed by atoms with Gasteiger partial charge in [0.15, 0.2) is 5.69 Å². The number of halogens is 1. The molecule has 1 saturated heterocycles. The number of aryl methyl sites for hydroxylation is 1. The molecule has 2 aliphatic rings. The van der Waals surface area contributed by atoms with Crippen molar-refractivity contribution in [1.82, 2.24) is 20.0 Å². The Hall–Kier alpha value is -1.37. The lowest BCUT2D eigenvalue weighted by molar-refractivity contribution is 0.0785. The summed E-state index contributed by atoms with van der Waals surface area (Å²) in [6, 6.07) is 4.39. The standard InChI is InChI=1S/C18H23ClN4OS/c1-22-15-6-4-12(20-11-13-5-7-16(19)25-13)10-14(15)17(21-22)18(24)23-8-2-3-9-23/h5,7,12,20H,2-4,6,8-11H2,1H3. The molecule has 1 unspecified atom stereocenters. The van der Waals surface area contributed by atoms with Gasteiger partial charge in [-0.15, -0.1) is 11.3 Å². The summed E-state index contributed by atoms with van der Waals surface area (Å²) in [5.74, 6) is 0.111. The van der Waals surface area contributed by atoms with Gasteiger partial charge in [0.25, 0.3) is 5.91 Å². The first-order valence-corrected chi connectivity index (χ1v) is 10.1. The van der Waals surface area contributed by atoms with Gasteiger partial charge < -0.3 is 10.2 Å². The highest BCUT2D eigenvalue weighted by atomic mass is 35.5. The second kappa shape index (κ2) is 7.09. The molecule has 7 heteroatoms. The Morgan fingerprint density at radius 2 is 2.20 bits per heavy atom. The van der Waals surface area contributed by atoms with Gasteiger partial charge in [0.1, 0.15) is 0 Å². The number of amides is 1. The van der Waals surface area contributed by atoms with Gasteiger partial charge in [-0.3, -0.25) is 9.48 Å². The lowest BCUT2D eigenvalue weighted by atomic mass is 9.91. The highest BCUT2D eigenvalue weighted by Crippen LogP contribution is 2.27.